The molecule has 1 aliphatic rings. The first-order valence-electron chi connectivity index (χ1n) is 16.5. The summed E-state index contributed by atoms with van der Waals surface area (Å²) >= 11 is 12.2. The minimum Gasteiger partial charge on any atom is -0.330 e. The number of aromatic nitrogens is 1. The lowest BCUT2D eigenvalue weighted by atomic mass is 9.98. The topological polar surface area (TPSA) is 70.6 Å². The van der Waals surface area contributed by atoms with Gasteiger partial charge in [-0.05, 0) is 96.2 Å². The maximum absolute atomic E-state index is 13.9. The molecule has 0 N–H and O–H groups in total. The van der Waals surface area contributed by atoms with E-state index in [-0.39, 0.29) is 28.2 Å². The number of halogens is 5. The summed E-state index contributed by atoms with van der Waals surface area (Å²) in [5.41, 5.74) is 3.60. The molecule has 5 unspecified atom stereocenters. The van der Waals surface area contributed by atoms with E-state index in [1.54, 1.807) is 55.6 Å². The minimum absolute atomic E-state index is 0.0690. The molecule has 0 aliphatic heterocycles. The highest BCUT2D eigenvalue weighted by atomic mass is 35.5. The highest BCUT2D eigenvalue weighted by Gasteiger charge is 2.47. The Morgan fingerprint density at radius 2 is 1.62 bits per heavy atom. The second-order valence-electron chi connectivity index (χ2n) is 13.0. The largest absolute Gasteiger partial charge is 0.406 e. The maximum Gasteiger partial charge on any atom is 0.406 e. The predicted molar refractivity (Wildman–Crippen MR) is 191 cm³/mol. The zero-order valence-electron chi connectivity index (χ0n) is 28.2. The number of sulfonamides is 1. The molecule has 0 saturated heterocycles. The van der Waals surface area contributed by atoms with Gasteiger partial charge in [0.1, 0.15) is 6.54 Å². The normalized spacial score (nSPS) is 18.0. The van der Waals surface area contributed by atoms with Gasteiger partial charge in [-0.3, -0.25) is 9.78 Å². The second-order valence-corrected chi connectivity index (χ2v) is 15.9. The summed E-state index contributed by atoms with van der Waals surface area (Å²) in [7, 11) is -2.39. The van der Waals surface area contributed by atoms with Gasteiger partial charge in [-0.15, -0.1) is 0 Å². The quantitative estimate of drug-likeness (QED) is 0.137. The van der Waals surface area contributed by atoms with E-state index in [1.165, 1.54) is 17.4 Å². The molecule has 0 radical (unpaired) electrons. The Balaban J connectivity index is 1.36. The van der Waals surface area contributed by atoms with Crippen molar-refractivity contribution in [1.29, 1.82) is 0 Å². The summed E-state index contributed by atoms with van der Waals surface area (Å²) in [6, 6.07) is 22.9. The van der Waals surface area contributed by atoms with Crippen molar-refractivity contribution in [2.75, 3.05) is 13.6 Å². The standard InChI is InChI=1S/C38H40Cl2F3N3O3S/c1-5-24(2)26-14-17-31(18-15-26)50(48,49)45(4)37(35-8-6-7-19-44-35)28-11-9-27(10-12-28)33-22-32(33)25(3)46(23-38(41,42)43)36(47)20-29-13-16-30(39)21-34(29)40/h6-19,21,24-25,32-33,37H,5,20,22-23H2,1-4H3. The van der Waals surface area contributed by atoms with Crippen molar-refractivity contribution in [3.05, 3.63) is 129 Å². The van der Waals surface area contributed by atoms with Crippen molar-refractivity contribution in [3.63, 3.8) is 0 Å². The van der Waals surface area contributed by atoms with Gasteiger partial charge in [0.2, 0.25) is 15.9 Å². The van der Waals surface area contributed by atoms with Gasteiger partial charge in [-0.25, -0.2) is 8.42 Å². The number of amides is 1. The fourth-order valence-electron chi connectivity index (χ4n) is 6.48. The first-order chi connectivity index (χ1) is 23.6. The fraction of sp³-hybridized carbons (Fsp3) is 0.368. The van der Waals surface area contributed by atoms with Crippen LogP contribution in [0.3, 0.4) is 0 Å². The molecule has 1 fully saturated rings. The lowest BCUT2D eigenvalue weighted by Crippen LogP contribution is -2.46. The van der Waals surface area contributed by atoms with E-state index in [0.717, 1.165) is 22.4 Å². The van der Waals surface area contributed by atoms with Crippen LogP contribution in [-0.2, 0) is 21.2 Å². The Hall–Kier alpha value is -3.44. The lowest BCUT2D eigenvalue weighted by molar-refractivity contribution is -0.165. The van der Waals surface area contributed by atoms with Crippen LogP contribution in [0.5, 0.6) is 0 Å². The summed E-state index contributed by atoms with van der Waals surface area (Å²) in [5, 5.41) is 0.585. The molecule has 1 heterocycles. The van der Waals surface area contributed by atoms with Gasteiger partial charge in [0.15, 0.2) is 0 Å². The summed E-state index contributed by atoms with van der Waals surface area (Å²) in [5.74, 6) is -0.627. The number of pyridine rings is 1. The number of carbonyl (C=O) groups excluding carboxylic acids is 1. The fourth-order valence-corrected chi connectivity index (χ4v) is 8.28. The summed E-state index contributed by atoms with van der Waals surface area (Å²) in [4.78, 5) is 18.8. The Morgan fingerprint density at radius 1 is 0.960 bits per heavy atom. The molecule has 6 nitrogen and oxygen atoms in total. The average Bonchev–Trinajstić information content (AvgIpc) is 3.89. The third kappa shape index (κ3) is 8.70. The molecule has 0 spiro atoms. The van der Waals surface area contributed by atoms with E-state index in [2.05, 4.69) is 18.8 Å². The van der Waals surface area contributed by atoms with Crippen LogP contribution in [0.2, 0.25) is 10.0 Å². The van der Waals surface area contributed by atoms with Crippen LogP contribution in [0.4, 0.5) is 13.2 Å². The SMILES string of the molecule is CCC(C)c1ccc(S(=O)(=O)N(C)C(c2ccc(C3CC3C(C)N(CC(F)(F)F)C(=O)Cc3ccc(Cl)cc3Cl)cc2)c2ccccn2)cc1. The summed E-state index contributed by atoms with van der Waals surface area (Å²) in [6.07, 6.45) is -1.70. The van der Waals surface area contributed by atoms with Crippen molar-refractivity contribution < 1.29 is 26.4 Å². The smallest absolute Gasteiger partial charge is 0.330 e. The van der Waals surface area contributed by atoms with Gasteiger partial charge in [0.05, 0.1) is 23.1 Å². The van der Waals surface area contributed by atoms with Crippen molar-refractivity contribution in [2.45, 2.75) is 75.0 Å². The molecule has 266 valence electrons. The predicted octanol–water partition coefficient (Wildman–Crippen LogP) is 9.44. The first-order valence-corrected chi connectivity index (χ1v) is 18.7. The Bertz CT molecular complexity index is 1890. The molecule has 12 heteroatoms. The molecular weight excluding hydrogens is 706 g/mol. The van der Waals surface area contributed by atoms with E-state index >= 15 is 0 Å². The molecule has 0 bridgehead atoms. The van der Waals surface area contributed by atoms with Crippen molar-refractivity contribution >= 4 is 39.1 Å². The molecule has 3 aromatic carbocycles. The third-order valence-corrected chi connectivity index (χ3v) is 12.2. The van der Waals surface area contributed by atoms with E-state index in [1.807, 2.05) is 36.4 Å². The van der Waals surface area contributed by atoms with Crippen LogP contribution in [0.15, 0.2) is 96.0 Å². The van der Waals surface area contributed by atoms with Crippen LogP contribution in [-0.4, -0.2) is 54.3 Å². The minimum atomic E-state index is -4.58. The molecule has 1 amide bonds. The molecule has 50 heavy (non-hydrogen) atoms. The van der Waals surface area contributed by atoms with Gasteiger partial charge in [-0.1, -0.05) is 85.6 Å². The van der Waals surface area contributed by atoms with Gasteiger partial charge >= 0.3 is 6.18 Å². The molecule has 1 aromatic heterocycles. The van der Waals surface area contributed by atoms with E-state index in [4.69, 9.17) is 23.2 Å². The van der Waals surface area contributed by atoms with E-state index in [9.17, 15) is 26.4 Å². The highest BCUT2D eigenvalue weighted by molar-refractivity contribution is 7.89. The molecule has 1 saturated carbocycles. The molecule has 5 rings (SSSR count). The molecular formula is C38H40Cl2F3N3O3S. The molecule has 5 atom stereocenters. The van der Waals surface area contributed by atoms with Gasteiger partial charge in [-0.2, -0.15) is 17.5 Å². The Labute approximate surface area is 302 Å². The van der Waals surface area contributed by atoms with Crippen LogP contribution in [0.1, 0.15) is 79.4 Å². The van der Waals surface area contributed by atoms with Crippen molar-refractivity contribution in [1.82, 2.24) is 14.2 Å². The van der Waals surface area contributed by atoms with Gasteiger partial charge < -0.3 is 4.90 Å². The monoisotopic (exact) mass is 745 g/mol. The average molecular weight is 747 g/mol. The van der Waals surface area contributed by atoms with Gasteiger partial charge in [0.25, 0.3) is 0 Å². The van der Waals surface area contributed by atoms with Crippen LogP contribution in [0, 0.1) is 5.92 Å². The number of alkyl halides is 3. The number of benzene rings is 3. The second kappa shape index (κ2) is 15.4. The first kappa shape index (κ1) is 37.8. The van der Waals surface area contributed by atoms with Gasteiger partial charge in [0, 0.05) is 29.3 Å². The number of rotatable bonds is 13. The Kier molecular flexibility index (Phi) is 11.7. The maximum atomic E-state index is 13.9. The van der Waals surface area contributed by atoms with Crippen LogP contribution < -0.4 is 0 Å². The lowest BCUT2D eigenvalue weighted by Gasteiger charge is -2.31. The highest BCUT2D eigenvalue weighted by Crippen LogP contribution is 2.51. The van der Waals surface area contributed by atoms with E-state index in [0.29, 0.717) is 34.2 Å². The summed E-state index contributed by atoms with van der Waals surface area (Å²) in [6.45, 7) is 4.46. The van der Waals surface area contributed by atoms with Crippen LogP contribution in [0.25, 0.3) is 0 Å². The number of hydrogen-bond donors (Lipinski definition) is 0. The summed E-state index contributed by atoms with van der Waals surface area (Å²) < 4.78 is 70.2. The zero-order chi connectivity index (χ0) is 36.4. The molecule has 1 aliphatic carbocycles. The van der Waals surface area contributed by atoms with Crippen molar-refractivity contribution in [2.24, 2.45) is 5.92 Å². The van der Waals surface area contributed by atoms with E-state index < -0.39 is 40.7 Å². The number of hydrogen-bond acceptors (Lipinski definition) is 4. The Morgan fingerprint density at radius 3 is 2.20 bits per heavy atom. The van der Waals surface area contributed by atoms with Crippen LogP contribution >= 0.6 is 23.2 Å². The van der Waals surface area contributed by atoms with Crippen molar-refractivity contribution in [3.8, 4) is 0 Å². The number of nitrogens with zero attached hydrogens (tertiary/aromatic N) is 3. The zero-order valence-corrected chi connectivity index (χ0v) is 30.6. The molecule has 4 aromatic rings. The number of carbonyl (C=O) groups is 1. The third-order valence-electron chi connectivity index (χ3n) is 9.73.